The minimum absolute atomic E-state index is 0.323. The normalized spacial score (nSPS) is 10.7. The Morgan fingerprint density at radius 2 is 2.11 bits per heavy atom. The summed E-state index contributed by atoms with van der Waals surface area (Å²) in [5.74, 6) is 0.324. The number of rotatable bonds is 3. The predicted octanol–water partition coefficient (Wildman–Crippen LogP) is 2.79. The van der Waals surface area contributed by atoms with Gasteiger partial charge < -0.3 is 9.84 Å². The highest BCUT2D eigenvalue weighted by atomic mass is 35.5. The molecule has 18 heavy (non-hydrogen) atoms. The van der Waals surface area contributed by atoms with E-state index in [2.05, 4.69) is 15.5 Å². The third kappa shape index (κ3) is 2.80. The summed E-state index contributed by atoms with van der Waals surface area (Å²) in [5, 5.41) is 6.28. The molecule has 1 aromatic carbocycles. The third-order valence-corrected chi connectivity index (χ3v) is 2.54. The average molecular weight is 286 g/mol. The zero-order valence-electron chi connectivity index (χ0n) is 9.35. The van der Waals surface area contributed by atoms with Crippen LogP contribution in [0.2, 0.25) is 0 Å². The monoisotopic (exact) mass is 285 g/mol. The quantitative estimate of drug-likeness (QED) is 0.881. The second-order valence-corrected chi connectivity index (χ2v) is 4.58. The van der Waals surface area contributed by atoms with Gasteiger partial charge in [-0.2, -0.15) is 4.98 Å². The number of nitrogens with zero attached hydrogens (tertiary/aromatic N) is 2. The second-order valence-electron chi connectivity index (χ2n) is 3.48. The highest BCUT2D eigenvalue weighted by Gasteiger charge is 2.16. The Balaban J connectivity index is 2.34. The molecule has 0 aliphatic rings. The second kappa shape index (κ2) is 5.37. The van der Waals surface area contributed by atoms with Crippen molar-refractivity contribution in [3.63, 3.8) is 0 Å². The summed E-state index contributed by atoms with van der Waals surface area (Å²) >= 11 is 11.0. The van der Waals surface area contributed by atoms with Gasteiger partial charge in [0.1, 0.15) is 0 Å². The number of anilines is 1. The van der Waals surface area contributed by atoms with Crippen molar-refractivity contribution in [3.8, 4) is 11.5 Å². The highest BCUT2D eigenvalue weighted by Crippen LogP contribution is 2.26. The lowest BCUT2D eigenvalue weighted by molar-refractivity contribution is -0.114. The Hall–Kier alpha value is -1.59. The molecule has 0 radical (unpaired) electrons. The molecule has 1 N–H and O–H groups in total. The molecule has 2 rings (SSSR count). The molecular formula is C11H9Cl2N3O2. The van der Waals surface area contributed by atoms with Crippen molar-refractivity contribution >= 4 is 34.8 Å². The van der Waals surface area contributed by atoms with Crippen LogP contribution in [0.3, 0.4) is 0 Å². The first kappa shape index (κ1) is 12.9. The number of benzene rings is 1. The largest absolute Gasteiger partial charge is 0.334 e. The Bertz CT molecular complexity index is 569. The zero-order valence-corrected chi connectivity index (χ0v) is 10.9. The van der Waals surface area contributed by atoms with E-state index in [1.54, 1.807) is 31.2 Å². The van der Waals surface area contributed by atoms with E-state index in [1.807, 2.05) is 0 Å². The van der Waals surface area contributed by atoms with Crippen LogP contribution in [0.5, 0.6) is 0 Å². The lowest BCUT2D eigenvalue weighted by Crippen LogP contribution is -2.18. The van der Waals surface area contributed by atoms with Crippen LogP contribution in [0.15, 0.2) is 28.8 Å². The number of carbonyl (C=O) groups excluding carboxylic acids is 1. The van der Waals surface area contributed by atoms with Crippen molar-refractivity contribution in [1.82, 2.24) is 10.1 Å². The standard InChI is InChI=1S/C11H9Cl2N3O2/c1-6-14-11(18-16-6)7-4-2-3-5-8(7)15-10(17)9(12)13/h2-5,9H,1H3,(H,15,17). The number of hydrogen-bond acceptors (Lipinski definition) is 4. The lowest BCUT2D eigenvalue weighted by atomic mass is 10.2. The van der Waals surface area contributed by atoms with E-state index in [0.717, 1.165) is 0 Å². The first-order chi connectivity index (χ1) is 8.58. The molecule has 0 atom stereocenters. The minimum Gasteiger partial charge on any atom is -0.334 e. The van der Waals surface area contributed by atoms with Gasteiger partial charge in [-0.1, -0.05) is 40.5 Å². The van der Waals surface area contributed by atoms with E-state index in [4.69, 9.17) is 27.7 Å². The van der Waals surface area contributed by atoms with Gasteiger partial charge in [-0.25, -0.2) is 0 Å². The van der Waals surface area contributed by atoms with Crippen LogP contribution in [-0.2, 0) is 4.79 Å². The fraction of sp³-hybridized carbons (Fsp3) is 0.182. The molecule has 7 heteroatoms. The maximum Gasteiger partial charge on any atom is 0.260 e. The number of hydrogen-bond donors (Lipinski definition) is 1. The van der Waals surface area contributed by atoms with Crippen molar-refractivity contribution < 1.29 is 9.32 Å². The van der Waals surface area contributed by atoms with Crippen molar-refractivity contribution in [2.24, 2.45) is 0 Å². The molecule has 0 aliphatic heterocycles. The number of aryl methyl sites for hydroxylation is 1. The molecule has 1 amide bonds. The van der Waals surface area contributed by atoms with E-state index in [1.165, 1.54) is 0 Å². The molecule has 0 aliphatic carbocycles. The van der Waals surface area contributed by atoms with Gasteiger partial charge in [-0.05, 0) is 19.1 Å². The zero-order chi connectivity index (χ0) is 13.1. The molecule has 0 spiro atoms. The summed E-state index contributed by atoms with van der Waals surface area (Å²) in [7, 11) is 0. The molecule has 0 unspecified atom stereocenters. The van der Waals surface area contributed by atoms with Gasteiger partial charge in [0.15, 0.2) is 10.7 Å². The van der Waals surface area contributed by atoms with Gasteiger partial charge >= 0.3 is 0 Å². The van der Waals surface area contributed by atoms with Gasteiger partial charge in [0.2, 0.25) is 0 Å². The summed E-state index contributed by atoms with van der Waals surface area (Å²) in [5.41, 5.74) is 1.12. The average Bonchev–Trinajstić information content (AvgIpc) is 2.76. The summed E-state index contributed by atoms with van der Waals surface area (Å²) in [4.78, 5) is 14.4. The first-order valence-corrected chi connectivity index (χ1v) is 5.94. The predicted molar refractivity (Wildman–Crippen MR) is 68.6 cm³/mol. The summed E-state index contributed by atoms with van der Waals surface area (Å²) in [6.07, 6.45) is 0. The van der Waals surface area contributed by atoms with Crippen LogP contribution < -0.4 is 5.32 Å². The van der Waals surface area contributed by atoms with Crippen LogP contribution in [0, 0.1) is 6.92 Å². The highest BCUT2D eigenvalue weighted by molar-refractivity contribution is 6.54. The maximum absolute atomic E-state index is 11.5. The Morgan fingerprint density at radius 1 is 1.39 bits per heavy atom. The Morgan fingerprint density at radius 3 is 2.72 bits per heavy atom. The van der Waals surface area contributed by atoms with Crippen LogP contribution in [0.25, 0.3) is 11.5 Å². The van der Waals surface area contributed by atoms with E-state index >= 15 is 0 Å². The summed E-state index contributed by atoms with van der Waals surface area (Å²) in [6.45, 7) is 1.71. The van der Waals surface area contributed by atoms with Crippen molar-refractivity contribution in [3.05, 3.63) is 30.1 Å². The van der Waals surface area contributed by atoms with Crippen LogP contribution >= 0.6 is 23.2 Å². The first-order valence-electron chi connectivity index (χ1n) is 5.06. The van der Waals surface area contributed by atoms with Crippen molar-refractivity contribution in [2.75, 3.05) is 5.32 Å². The Kier molecular flexibility index (Phi) is 3.84. The molecule has 0 saturated heterocycles. The molecule has 94 valence electrons. The van der Waals surface area contributed by atoms with Crippen molar-refractivity contribution in [2.45, 2.75) is 11.8 Å². The SMILES string of the molecule is Cc1noc(-c2ccccc2NC(=O)C(Cl)Cl)n1. The van der Waals surface area contributed by atoms with Gasteiger partial charge in [-0.15, -0.1) is 0 Å². The lowest BCUT2D eigenvalue weighted by Gasteiger charge is -2.08. The van der Waals surface area contributed by atoms with Gasteiger partial charge in [0, 0.05) is 0 Å². The summed E-state index contributed by atoms with van der Waals surface area (Å²) < 4.78 is 5.05. The third-order valence-electron chi connectivity index (χ3n) is 2.14. The number of aromatic nitrogens is 2. The molecule has 1 aromatic heterocycles. The van der Waals surface area contributed by atoms with Crippen LogP contribution in [-0.4, -0.2) is 20.9 Å². The smallest absolute Gasteiger partial charge is 0.260 e. The van der Waals surface area contributed by atoms with Crippen molar-refractivity contribution in [1.29, 1.82) is 0 Å². The molecule has 5 nitrogen and oxygen atoms in total. The van der Waals surface area contributed by atoms with E-state index in [9.17, 15) is 4.79 Å². The summed E-state index contributed by atoms with van der Waals surface area (Å²) in [6, 6.07) is 7.01. The number of amides is 1. The number of carbonyl (C=O) groups is 1. The molecule has 0 fully saturated rings. The minimum atomic E-state index is -1.14. The number of para-hydroxylation sites is 1. The number of halogens is 2. The molecular weight excluding hydrogens is 277 g/mol. The fourth-order valence-corrected chi connectivity index (χ4v) is 1.48. The van der Waals surface area contributed by atoms with Crippen LogP contribution in [0.1, 0.15) is 5.82 Å². The van der Waals surface area contributed by atoms with Gasteiger partial charge in [0.25, 0.3) is 11.8 Å². The molecule has 0 saturated carbocycles. The van der Waals surface area contributed by atoms with E-state index < -0.39 is 10.7 Å². The van der Waals surface area contributed by atoms with Gasteiger partial charge in [-0.3, -0.25) is 4.79 Å². The molecule has 0 bridgehead atoms. The van der Waals surface area contributed by atoms with Gasteiger partial charge in [0.05, 0.1) is 11.3 Å². The van der Waals surface area contributed by atoms with E-state index in [0.29, 0.717) is 23.0 Å². The number of nitrogens with one attached hydrogen (secondary N) is 1. The van der Waals surface area contributed by atoms with E-state index in [-0.39, 0.29) is 0 Å². The maximum atomic E-state index is 11.5. The molecule has 1 heterocycles. The van der Waals surface area contributed by atoms with Crippen LogP contribution in [0.4, 0.5) is 5.69 Å². The topological polar surface area (TPSA) is 68.0 Å². The molecule has 2 aromatic rings. The fourth-order valence-electron chi connectivity index (χ4n) is 1.37. The Labute approximate surface area is 113 Å². The number of alkyl halides is 2.